The van der Waals surface area contributed by atoms with Crippen molar-refractivity contribution < 1.29 is 9.59 Å². The third-order valence-corrected chi connectivity index (χ3v) is 3.57. The topological polar surface area (TPSA) is 106 Å². The molecule has 0 aliphatic rings. The van der Waals surface area contributed by atoms with Gasteiger partial charge >= 0.3 is 10.9 Å². The summed E-state index contributed by atoms with van der Waals surface area (Å²) in [7, 11) is 0. The number of urea groups is 1. The Morgan fingerprint density at radius 2 is 1.95 bits per heavy atom. The Kier molecular flexibility index (Phi) is 4.39. The van der Waals surface area contributed by atoms with Crippen molar-refractivity contribution in [2.45, 2.75) is 13.5 Å². The van der Waals surface area contributed by atoms with Crippen LogP contribution in [-0.4, -0.2) is 16.5 Å². The fourth-order valence-corrected chi connectivity index (χ4v) is 2.49. The molecular formula is C13H14N4O3S. The Balaban J connectivity index is 2.06. The number of nitrogens with zero attached hydrogens (tertiary/aromatic N) is 1. The minimum atomic E-state index is -0.682. The smallest absolute Gasteiger partial charge is 0.316 e. The molecule has 0 aliphatic carbocycles. The largest absolute Gasteiger partial charge is 0.351 e. The van der Waals surface area contributed by atoms with E-state index in [0.29, 0.717) is 11.4 Å². The Morgan fingerprint density at radius 3 is 2.52 bits per heavy atom. The normalized spacial score (nSPS) is 10.1. The molecule has 1 heterocycles. The van der Waals surface area contributed by atoms with E-state index in [4.69, 9.17) is 5.73 Å². The van der Waals surface area contributed by atoms with E-state index in [1.807, 2.05) is 0 Å². The van der Waals surface area contributed by atoms with Gasteiger partial charge in [0.15, 0.2) is 0 Å². The maximum atomic E-state index is 11.9. The highest BCUT2D eigenvalue weighted by Crippen LogP contribution is 2.15. The van der Waals surface area contributed by atoms with E-state index < -0.39 is 6.03 Å². The molecule has 8 heteroatoms. The Morgan fingerprint density at radius 1 is 1.29 bits per heavy atom. The maximum absolute atomic E-state index is 11.9. The van der Waals surface area contributed by atoms with Crippen molar-refractivity contribution in [1.29, 1.82) is 0 Å². The van der Waals surface area contributed by atoms with Crippen molar-refractivity contribution >= 4 is 34.6 Å². The van der Waals surface area contributed by atoms with Crippen molar-refractivity contribution in [1.82, 2.24) is 4.57 Å². The van der Waals surface area contributed by atoms with Gasteiger partial charge in [0.25, 0.3) is 0 Å². The van der Waals surface area contributed by atoms with Crippen LogP contribution in [0.15, 0.2) is 34.4 Å². The van der Waals surface area contributed by atoms with Crippen molar-refractivity contribution in [2.75, 3.05) is 10.6 Å². The van der Waals surface area contributed by atoms with Crippen LogP contribution in [0.5, 0.6) is 0 Å². The molecule has 1 aromatic carbocycles. The van der Waals surface area contributed by atoms with Gasteiger partial charge in [0, 0.05) is 22.4 Å². The first-order chi connectivity index (χ1) is 9.95. The number of aryl methyl sites for hydroxylation is 1. The maximum Gasteiger partial charge on any atom is 0.316 e. The van der Waals surface area contributed by atoms with E-state index in [1.165, 1.54) is 4.57 Å². The van der Waals surface area contributed by atoms with Gasteiger partial charge in [-0.2, -0.15) is 0 Å². The van der Waals surface area contributed by atoms with Gasteiger partial charge in [-0.05, 0) is 25.1 Å². The molecular weight excluding hydrogens is 292 g/mol. The van der Waals surface area contributed by atoms with Crippen LogP contribution in [0.1, 0.15) is 5.69 Å². The summed E-state index contributed by atoms with van der Waals surface area (Å²) >= 11 is 1.05. The van der Waals surface area contributed by atoms with E-state index >= 15 is 0 Å². The minimum absolute atomic E-state index is 0.0539. The average Bonchev–Trinajstić information content (AvgIpc) is 2.70. The molecule has 0 atom stereocenters. The van der Waals surface area contributed by atoms with Gasteiger partial charge in [0.05, 0.1) is 0 Å². The van der Waals surface area contributed by atoms with E-state index in [2.05, 4.69) is 10.6 Å². The molecule has 7 nitrogen and oxygen atoms in total. The van der Waals surface area contributed by atoms with Gasteiger partial charge in [-0.1, -0.05) is 17.4 Å². The summed E-state index contributed by atoms with van der Waals surface area (Å²) in [5, 5.41) is 6.78. The highest BCUT2D eigenvalue weighted by molar-refractivity contribution is 7.07. The number of carbonyl (C=O) groups excluding carboxylic acids is 2. The zero-order chi connectivity index (χ0) is 15.4. The lowest BCUT2D eigenvalue weighted by atomic mass is 10.2. The molecule has 21 heavy (non-hydrogen) atoms. The molecule has 0 spiro atoms. The summed E-state index contributed by atoms with van der Waals surface area (Å²) in [5.74, 6) is -0.324. The molecule has 0 saturated carbocycles. The molecule has 0 radical (unpaired) electrons. The van der Waals surface area contributed by atoms with Crippen LogP contribution in [-0.2, 0) is 11.3 Å². The summed E-state index contributed by atoms with van der Waals surface area (Å²) < 4.78 is 1.39. The third kappa shape index (κ3) is 3.93. The fourth-order valence-electron chi connectivity index (χ4n) is 1.76. The van der Waals surface area contributed by atoms with Crippen LogP contribution >= 0.6 is 11.3 Å². The summed E-state index contributed by atoms with van der Waals surface area (Å²) in [6.07, 6.45) is 0. The van der Waals surface area contributed by atoms with Crippen LogP contribution in [0, 0.1) is 6.92 Å². The fraction of sp³-hybridized carbons (Fsp3) is 0.154. The average molecular weight is 306 g/mol. The van der Waals surface area contributed by atoms with Crippen LogP contribution in [0.2, 0.25) is 0 Å². The summed E-state index contributed by atoms with van der Waals surface area (Å²) in [6.45, 7) is 1.71. The number of amides is 3. The summed E-state index contributed by atoms with van der Waals surface area (Å²) in [4.78, 5) is 34.1. The number of primary amides is 1. The number of thiazole rings is 1. The lowest BCUT2D eigenvalue weighted by Crippen LogP contribution is -2.25. The first kappa shape index (κ1) is 14.8. The lowest BCUT2D eigenvalue weighted by Gasteiger charge is -2.08. The van der Waals surface area contributed by atoms with Crippen molar-refractivity contribution in [3.05, 3.63) is 45.0 Å². The van der Waals surface area contributed by atoms with Crippen LogP contribution < -0.4 is 21.2 Å². The van der Waals surface area contributed by atoms with Crippen LogP contribution in [0.25, 0.3) is 0 Å². The predicted molar refractivity (Wildman–Crippen MR) is 81.6 cm³/mol. The second-order valence-corrected chi connectivity index (χ2v) is 5.17. The minimum Gasteiger partial charge on any atom is -0.351 e. The molecule has 110 valence electrons. The SMILES string of the molecule is Cc1csc(=O)n1CC(=O)Nc1cccc(NC(N)=O)c1. The molecule has 1 aromatic heterocycles. The molecule has 4 N–H and O–H groups in total. The first-order valence-electron chi connectivity index (χ1n) is 6.07. The number of hydrogen-bond acceptors (Lipinski definition) is 4. The molecule has 2 rings (SSSR count). The standard InChI is InChI=1S/C13H14N4O3S/c1-8-7-21-13(20)17(8)6-11(18)15-9-3-2-4-10(5-9)16-12(14)19/h2-5,7H,6H2,1H3,(H,15,18)(H3,14,16,19). The molecule has 0 unspecified atom stereocenters. The van der Waals surface area contributed by atoms with Gasteiger partial charge in [0.1, 0.15) is 6.54 Å². The number of hydrogen-bond donors (Lipinski definition) is 3. The number of carbonyl (C=O) groups is 2. The molecule has 0 fully saturated rings. The predicted octanol–water partition coefficient (Wildman–Crippen LogP) is 1.35. The highest BCUT2D eigenvalue weighted by Gasteiger charge is 2.09. The second kappa shape index (κ2) is 6.23. The number of anilines is 2. The van der Waals surface area contributed by atoms with Gasteiger partial charge in [-0.25, -0.2) is 4.79 Å². The van der Waals surface area contributed by atoms with Gasteiger partial charge in [0.2, 0.25) is 5.91 Å². The van der Waals surface area contributed by atoms with E-state index in [1.54, 1.807) is 36.6 Å². The van der Waals surface area contributed by atoms with Crippen LogP contribution in [0.4, 0.5) is 16.2 Å². The highest BCUT2D eigenvalue weighted by atomic mass is 32.1. The number of benzene rings is 1. The number of nitrogens with one attached hydrogen (secondary N) is 2. The van der Waals surface area contributed by atoms with Crippen molar-refractivity contribution in [2.24, 2.45) is 5.73 Å². The van der Waals surface area contributed by atoms with E-state index in [-0.39, 0.29) is 17.3 Å². The Hall–Kier alpha value is -2.61. The lowest BCUT2D eigenvalue weighted by molar-refractivity contribution is -0.116. The summed E-state index contributed by atoms with van der Waals surface area (Å²) in [6, 6.07) is 5.88. The zero-order valence-electron chi connectivity index (χ0n) is 11.3. The monoisotopic (exact) mass is 306 g/mol. The second-order valence-electron chi connectivity index (χ2n) is 4.35. The van der Waals surface area contributed by atoms with Gasteiger partial charge in [-0.15, -0.1) is 0 Å². The zero-order valence-corrected chi connectivity index (χ0v) is 12.1. The molecule has 0 aliphatic heterocycles. The summed E-state index contributed by atoms with van der Waals surface area (Å²) in [5.41, 5.74) is 6.75. The van der Waals surface area contributed by atoms with Gasteiger partial charge in [-0.3, -0.25) is 14.2 Å². The third-order valence-electron chi connectivity index (χ3n) is 2.69. The quantitative estimate of drug-likeness (QED) is 0.793. The van der Waals surface area contributed by atoms with E-state index in [9.17, 15) is 14.4 Å². The Labute approximate surface area is 124 Å². The number of aromatic nitrogens is 1. The number of rotatable bonds is 4. The molecule has 2 aromatic rings. The first-order valence-corrected chi connectivity index (χ1v) is 6.95. The van der Waals surface area contributed by atoms with E-state index in [0.717, 1.165) is 17.0 Å². The van der Waals surface area contributed by atoms with Gasteiger partial charge < -0.3 is 16.4 Å². The number of nitrogens with two attached hydrogens (primary N) is 1. The van der Waals surface area contributed by atoms with Crippen molar-refractivity contribution in [3.63, 3.8) is 0 Å². The van der Waals surface area contributed by atoms with Crippen LogP contribution in [0.3, 0.4) is 0 Å². The van der Waals surface area contributed by atoms with Crippen molar-refractivity contribution in [3.8, 4) is 0 Å². The Bertz CT molecular complexity index is 735. The molecule has 0 bridgehead atoms. The molecule has 0 saturated heterocycles. The molecule has 3 amide bonds.